The van der Waals surface area contributed by atoms with E-state index >= 15 is 0 Å². The van der Waals surface area contributed by atoms with Crippen molar-refractivity contribution in [2.75, 3.05) is 18.1 Å². The van der Waals surface area contributed by atoms with Crippen LogP contribution in [0, 0.1) is 5.82 Å². The molecule has 2 aromatic rings. The standard InChI is InChI=1S/C20H19FN2O4/c1-13-10-14-6-2-5-9-17(14)23(13)18(24)12-27-19(25)11-22-20(26)15-7-3-4-8-16(15)21/h2-9,13H,10-12H2,1H3,(H,22,26)/t13-/m0/s1. The maximum atomic E-state index is 13.5. The van der Waals surface area contributed by atoms with E-state index < -0.39 is 30.8 Å². The zero-order valence-corrected chi connectivity index (χ0v) is 14.8. The Bertz CT molecular complexity index is 884. The van der Waals surface area contributed by atoms with Crippen molar-refractivity contribution in [3.8, 4) is 0 Å². The number of carbonyl (C=O) groups excluding carboxylic acids is 3. The third kappa shape index (κ3) is 4.13. The smallest absolute Gasteiger partial charge is 0.325 e. The van der Waals surface area contributed by atoms with E-state index in [9.17, 15) is 18.8 Å². The number of amides is 2. The van der Waals surface area contributed by atoms with Gasteiger partial charge < -0.3 is 15.0 Å². The summed E-state index contributed by atoms with van der Waals surface area (Å²) < 4.78 is 18.5. The molecule has 1 aliphatic rings. The first kappa shape index (κ1) is 18.6. The molecule has 0 unspecified atom stereocenters. The summed E-state index contributed by atoms with van der Waals surface area (Å²) in [4.78, 5) is 37.7. The summed E-state index contributed by atoms with van der Waals surface area (Å²) in [6.45, 7) is 1.05. The summed E-state index contributed by atoms with van der Waals surface area (Å²) in [5, 5.41) is 2.28. The van der Waals surface area contributed by atoms with Gasteiger partial charge in [-0.15, -0.1) is 0 Å². The number of anilines is 1. The molecule has 1 N–H and O–H groups in total. The number of esters is 1. The summed E-state index contributed by atoms with van der Waals surface area (Å²) in [5.74, 6) is -2.51. The molecule has 2 aromatic carbocycles. The van der Waals surface area contributed by atoms with E-state index in [1.807, 2.05) is 31.2 Å². The molecule has 1 heterocycles. The second-order valence-electron chi connectivity index (χ2n) is 6.27. The van der Waals surface area contributed by atoms with Gasteiger partial charge in [-0.05, 0) is 37.1 Å². The normalized spacial score (nSPS) is 15.2. The molecule has 0 aromatic heterocycles. The summed E-state index contributed by atoms with van der Waals surface area (Å²) in [5.41, 5.74) is 1.73. The van der Waals surface area contributed by atoms with Gasteiger partial charge in [0.2, 0.25) is 0 Å². The monoisotopic (exact) mass is 370 g/mol. The molecule has 0 aliphatic carbocycles. The number of para-hydroxylation sites is 1. The van der Waals surface area contributed by atoms with E-state index in [0.717, 1.165) is 23.7 Å². The molecule has 2 amide bonds. The van der Waals surface area contributed by atoms with Gasteiger partial charge in [0, 0.05) is 11.7 Å². The van der Waals surface area contributed by atoms with Gasteiger partial charge in [0.05, 0.1) is 5.56 Å². The number of nitrogens with zero attached hydrogens (tertiary/aromatic N) is 1. The SMILES string of the molecule is C[C@H]1Cc2ccccc2N1C(=O)COC(=O)CNC(=O)c1ccccc1F. The highest BCUT2D eigenvalue weighted by Crippen LogP contribution is 2.31. The fourth-order valence-electron chi connectivity index (χ4n) is 3.10. The molecule has 3 rings (SSSR count). The van der Waals surface area contributed by atoms with Crippen LogP contribution in [-0.2, 0) is 20.7 Å². The van der Waals surface area contributed by atoms with Crippen molar-refractivity contribution in [2.45, 2.75) is 19.4 Å². The first-order valence-corrected chi connectivity index (χ1v) is 8.55. The Morgan fingerprint density at radius 2 is 1.85 bits per heavy atom. The van der Waals surface area contributed by atoms with E-state index in [0.29, 0.717) is 0 Å². The minimum absolute atomic E-state index is 0.0191. The molecule has 140 valence electrons. The van der Waals surface area contributed by atoms with E-state index in [1.54, 1.807) is 4.90 Å². The van der Waals surface area contributed by atoms with Crippen LogP contribution in [0.5, 0.6) is 0 Å². The molecule has 1 aliphatic heterocycles. The van der Waals surface area contributed by atoms with Crippen molar-refractivity contribution in [3.05, 3.63) is 65.5 Å². The lowest BCUT2D eigenvalue weighted by Crippen LogP contribution is -2.39. The number of benzene rings is 2. The van der Waals surface area contributed by atoms with Gasteiger partial charge in [-0.2, -0.15) is 0 Å². The number of nitrogens with one attached hydrogen (secondary N) is 1. The second kappa shape index (κ2) is 7.99. The number of ether oxygens (including phenoxy) is 1. The molecule has 0 bridgehead atoms. The first-order valence-electron chi connectivity index (χ1n) is 8.55. The first-order chi connectivity index (χ1) is 13.0. The average molecular weight is 370 g/mol. The molecule has 7 heteroatoms. The van der Waals surface area contributed by atoms with Crippen LogP contribution in [0.25, 0.3) is 0 Å². The van der Waals surface area contributed by atoms with Crippen LogP contribution >= 0.6 is 0 Å². The highest BCUT2D eigenvalue weighted by molar-refractivity contribution is 5.98. The van der Waals surface area contributed by atoms with E-state index in [2.05, 4.69) is 5.32 Å². The maximum absolute atomic E-state index is 13.5. The predicted octanol–water partition coefficient (Wildman–Crippen LogP) is 2.08. The molecule has 0 fully saturated rings. The van der Waals surface area contributed by atoms with Crippen LogP contribution in [0.1, 0.15) is 22.8 Å². The van der Waals surface area contributed by atoms with Gasteiger partial charge >= 0.3 is 5.97 Å². The number of halogens is 1. The number of fused-ring (bicyclic) bond motifs is 1. The van der Waals surface area contributed by atoms with Crippen LogP contribution in [0.4, 0.5) is 10.1 Å². The fourth-order valence-corrected chi connectivity index (χ4v) is 3.10. The number of carbonyl (C=O) groups is 3. The van der Waals surface area contributed by atoms with Crippen LogP contribution in [0.3, 0.4) is 0 Å². The summed E-state index contributed by atoms with van der Waals surface area (Å²) in [6.07, 6.45) is 0.745. The second-order valence-corrected chi connectivity index (χ2v) is 6.27. The average Bonchev–Trinajstić information content (AvgIpc) is 3.00. The molecule has 0 saturated heterocycles. The highest BCUT2D eigenvalue weighted by Gasteiger charge is 2.30. The molecular weight excluding hydrogens is 351 g/mol. The molecule has 6 nitrogen and oxygen atoms in total. The Labute approximate surface area is 155 Å². The molecule has 0 saturated carbocycles. The largest absolute Gasteiger partial charge is 0.454 e. The number of rotatable bonds is 5. The summed E-state index contributed by atoms with van der Waals surface area (Å²) >= 11 is 0. The zero-order valence-electron chi connectivity index (χ0n) is 14.8. The van der Waals surface area contributed by atoms with Gasteiger partial charge in [0.1, 0.15) is 12.4 Å². The minimum Gasteiger partial charge on any atom is -0.454 e. The number of hydrogen-bond acceptors (Lipinski definition) is 4. The van der Waals surface area contributed by atoms with E-state index in [1.165, 1.54) is 18.2 Å². The zero-order chi connectivity index (χ0) is 19.4. The Morgan fingerprint density at radius 3 is 2.63 bits per heavy atom. The number of hydrogen-bond donors (Lipinski definition) is 1. The lowest BCUT2D eigenvalue weighted by Gasteiger charge is -2.22. The predicted molar refractivity (Wildman–Crippen MR) is 96.8 cm³/mol. The highest BCUT2D eigenvalue weighted by atomic mass is 19.1. The van der Waals surface area contributed by atoms with Gasteiger partial charge in [0.15, 0.2) is 6.61 Å². The van der Waals surface area contributed by atoms with Gasteiger partial charge in [-0.3, -0.25) is 14.4 Å². The Balaban J connectivity index is 1.50. The van der Waals surface area contributed by atoms with Crippen LogP contribution < -0.4 is 10.2 Å². The Kier molecular flexibility index (Phi) is 5.49. The van der Waals surface area contributed by atoms with Crippen molar-refractivity contribution in [2.24, 2.45) is 0 Å². The van der Waals surface area contributed by atoms with E-state index in [4.69, 9.17) is 4.74 Å². The molecule has 0 spiro atoms. The minimum atomic E-state index is -0.770. The van der Waals surface area contributed by atoms with Crippen molar-refractivity contribution in [3.63, 3.8) is 0 Å². The summed E-state index contributed by atoms with van der Waals surface area (Å²) in [7, 11) is 0. The lowest BCUT2D eigenvalue weighted by molar-refractivity contribution is -0.146. The third-order valence-electron chi connectivity index (χ3n) is 4.34. The van der Waals surface area contributed by atoms with Gasteiger partial charge in [-0.1, -0.05) is 30.3 Å². The van der Waals surface area contributed by atoms with Crippen LogP contribution in [-0.4, -0.2) is 37.0 Å². The van der Waals surface area contributed by atoms with Gasteiger partial charge in [-0.25, -0.2) is 4.39 Å². The Morgan fingerprint density at radius 1 is 1.15 bits per heavy atom. The summed E-state index contributed by atoms with van der Waals surface area (Å²) in [6, 6.07) is 13.0. The van der Waals surface area contributed by atoms with Crippen molar-refractivity contribution in [1.29, 1.82) is 0 Å². The fraction of sp³-hybridized carbons (Fsp3) is 0.250. The topological polar surface area (TPSA) is 75.7 Å². The van der Waals surface area contributed by atoms with Crippen LogP contribution in [0.15, 0.2) is 48.5 Å². The molecule has 1 atom stereocenters. The quantitative estimate of drug-likeness (QED) is 0.818. The van der Waals surface area contributed by atoms with Crippen molar-refractivity contribution < 1.29 is 23.5 Å². The van der Waals surface area contributed by atoms with Crippen molar-refractivity contribution >= 4 is 23.5 Å². The van der Waals surface area contributed by atoms with Gasteiger partial charge in [0.25, 0.3) is 11.8 Å². The van der Waals surface area contributed by atoms with Crippen LogP contribution in [0.2, 0.25) is 0 Å². The molecule has 27 heavy (non-hydrogen) atoms. The third-order valence-corrected chi connectivity index (χ3v) is 4.34. The lowest BCUT2D eigenvalue weighted by atomic mass is 10.1. The van der Waals surface area contributed by atoms with Crippen molar-refractivity contribution in [1.82, 2.24) is 5.32 Å². The molecule has 0 radical (unpaired) electrons. The maximum Gasteiger partial charge on any atom is 0.325 e. The van der Waals surface area contributed by atoms with E-state index in [-0.39, 0.29) is 17.5 Å². The Hall–Kier alpha value is -3.22. The molecular formula is C20H19FN2O4.